The molecule has 1 amide bonds. The first-order chi connectivity index (χ1) is 15.5. The van der Waals surface area contributed by atoms with Crippen molar-refractivity contribution in [3.8, 4) is 0 Å². The van der Waals surface area contributed by atoms with Crippen molar-refractivity contribution in [2.45, 2.75) is 44.8 Å². The molecule has 4 nitrogen and oxygen atoms in total. The Morgan fingerprint density at radius 3 is 2.44 bits per heavy atom. The molecule has 0 bridgehead atoms. The first-order valence-corrected chi connectivity index (χ1v) is 11.5. The minimum absolute atomic E-state index is 0.222. The number of nitrogens with one attached hydrogen (secondary N) is 1. The van der Waals surface area contributed by atoms with Gasteiger partial charge in [0.05, 0.1) is 0 Å². The van der Waals surface area contributed by atoms with Crippen molar-refractivity contribution in [2.75, 3.05) is 5.32 Å². The molecule has 0 aliphatic heterocycles. The van der Waals surface area contributed by atoms with Crippen molar-refractivity contribution < 1.29 is 9.53 Å². The summed E-state index contributed by atoms with van der Waals surface area (Å²) in [5.41, 5.74) is 11.1. The molecular weight excluding hydrogens is 420 g/mol. The minimum Gasteiger partial charge on any atom is -0.444 e. The van der Waals surface area contributed by atoms with Gasteiger partial charge in [0.2, 0.25) is 0 Å². The van der Waals surface area contributed by atoms with E-state index < -0.39 is 6.09 Å². The van der Waals surface area contributed by atoms with Crippen LogP contribution in [-0.4, -0.2) is 6.09 Å². The van der Waals surface area contributed by atoms with Crippen molar-refractivity contribution >= 4 is 23.4 Å². The topological polar surface area (TPSA) is 64.3 Å². The molecule has 1 fully saturated rings. The van der Waals surface area contributed by atoms with Gasteiger partial charge in [0.25, 0.3) is 0 Å². The Morgan fingerprint density at radius 1 is 0.969 bits per heavy atom. The van der Waals surface area contributed by atoms with E-state index in [-0.39, 0.29) is 6.61 Å². The lowest BCUT2D eigenvalue weighted by atomic mass is 9.83. The van der Waals surface area contributed by atoms with Crippen LogP contribution in [0.4, 0.5) is 10.5 Å². The number of ether oxygens (including phenoxy) is 1. The fourth-order valence-electron chi connectivity index (χ4n) is 4.75. The van der Waals surface area contributed by atoms with Gasteiger partial charge in [-0.3, -0.25) is 5.32 Å². The summed E-state index contributed by atoms with van der Waals surface area (Å²) in [6.07, 6.45) is 1.71. The maximum atomic E-state index is 12.3. The summed E-state index contributed by atoms with van der Waals surface area (Å²) in [6, 6.07) is 24.0. The van der Waals surface area contributed by atoms with Crippen molar-refractivity contribution in [3.63, 3.8) is 0 Å². The van der Waals surface area contributed by atoms with Crippen LogP contribution in [0.5, 0.6) is 0 Å². The predicted octanol–water partition coefficient (Wildman–Crippen LogP) is 6.84. The highest BCUT2D eigenvalue weighted by atomic mass is 35.5. The smallest absolute Gasteiger partial charge is 0.411 e. The molecule has 0 unspecified atom stereocenters. The second-order valence-electron chi connectivity index (χ2n) is 8.70. The van der Waals surface area contributed by atoms with E-state index in [1.807, 2.05) is 42.5 Å². The molecule has 0 heterocycles. The van der Waals surface area contributed by atoms with E-state index in [9.17, 15) is 4.79 Å². The standard InChI is InChI=1S/C27H29ClN2O2/c1-18-10-25(21-9-5-8-20(12-21)16-29)26(11-18)22-13-23(28)15-24(14-22)30-27(31)32-17-19-6-3-2-4-7-19/h2-9,12-15,18,25-26H,10-11,16-17,29H2,1H3,(H,30,31)/t18-,25+,26+/m0/s1. The predicted molar refractivity (Wildman–Crippen MR) is 130 cm³/mol. The third-order valence-electron chi connectivity index (χ3n) is 6.22. The van der Waals surface area contributed by atoms with E-state index in [0.717, 1.165) is 29.5 Å². The minimum atomic E-state index is -0.492. The highest BCUT2D eigenvalue weighted by Crippen LogP contribution is 2.49. The fraction of sp³-hybridized carbons (Fsp3) is 0.296. The number of anilines is 1. The Kier molecular flexibility index (Phi) is 7.13. The normalized spacial score (nSPS) is 20.2. The average Bonchev–Trinajstić information content (AvgIpc) is 3.20. The number of hydrogen-bond donors (Lipinski definition) is 2. The van der Waals surface area contributed by atoms with E-state index in [1.165, 1.54) is 5.56 Å². The number of nitrogens with two attached hydrogens (primary N) is 1. The molecule has 3 atom stereocenters. The third-order valence-corrected chi connectivity index (χ3v) is 6.44. The molecule has 5 heteroatoms. The summed E-state index contributed by atoms with van der Waals surface area (Å²) < 4.78 is 5.37. The van der Waals surface area contributed by atoms with Crippen LogP contribution in [0, 0.1) is 5.92 Å². The van der Waals surface area contributed by atoms with Gasteiger partial charge in [-0.15, -0.1) is 0 Å². The summed E-state index contributed by atoms with van der Waals surface area (Å²) in [7, 11) is 0. The van der Waals surface area contributed by atoms with Gasteiger partial charge in [-0.2, -0.15) is 0 Å². The first-order valence-electron chi connectivity index (χ1n) is 11.1. The highest BCUT2D eigenvalue weighted by molar-refractivity contribution is 6.31. The second kappa shape index (κ2) is 10.2. The molecule has 166 valence electrons. The summed E-state index contributed by atoms with van der Waals surface area (Å²) >= 11 is 6.45. The number of hydrogen-bond acceptors (Lipinski definition) is 3. The summed E-state index contributed by atoms with van der Waals surface area (Å²) in [5.74, 6) is 1.34. The maximum Gasteiger partial charge on any atom is 0.411 e. The quantitative estimate of drug-likeness (QED) is 0.433. The monoisotopic (exact) mass is 448 g/mol. The van der Waals surface area contributed by atoms with Crippen molar-refractivity contribution in [3.05, 3.63) is 100 Å². The zero-order chi connectivity index (χ0) is 22.5. The Hall–Kier alpha value is -2.82. The Bertz CT molecular complexity index is 1070. The molecule has 3 N–H and O–H groups in total. The zero-order valence-electron chi connectivity index (χ0n) is 18.3. The lowest BCUT2D eigenvalue weighted by molar-refractivity contribution is 0.155. The van der Waals surface area contributed by atoms with Crippen LogP contribution < -0.4 is 11.1 Å². The van der Waals surface area contributed by atoms with Gasteiger partial charge >= 0.3 is 6.09 Å². The van der Waals surface area contributed by atoms with Crippen LogP contribution in [0.15, 0.2) is 72.8 Å². The number of carbonyl (C=O) groups is 1. The van der Waals surface area contributed by atoms with E-state index in [1.54, 1.807) is 6.07 Å². The van der Waals surface area contributed by atoms with Gasteiger partial charge in [0.15, 0.2) is 0 Å². The average molecular weight is 449 g/mol. The Morgan fingerprint density at radius 2 is 1.69 bits per heavy atom. The SMILES string of the molecule is C[C@H]1C[C@H](c2cccc(CN)c2)[C@@H](c2cc(Cl)cc(NC(=O)OCc3ccccc3)c2)C1. The number of amides is 1. The van der Waals surface area contributed by atoms with Gasteiger partial charge in [0, 0.05) is 17.3 Å². The molecule has 3 aromatic rings. The van der Waals surface area contributed by atoms with Crippen molar-refractivity contribution in [2.24, 2.45) is 11.7 Å². The Labute approximate surface area is 194 Å². The first kappa shape index (κ1) is 22.4. The number of benzene rings is 3. The largest absolute Gasteiger partial charge is 0.444 e. The number of carbonyl (C=O) groups excluding carboxylic acids is 1. The molecule has 1 aliphatic rings. The van der Waals surface area contributed by atoms with Crippen LogP contribution in [-0.2, 0) is 17.9 Å². The summed E-state index contributed by atoms with van der Waals surface area (Å²) in [6.45, 7) is 3.06. The molecular formula is C27H29ClN2O2. The van der Waals surface area contributed by atoms with Gasteiger partial charge in [0.1, 0.15) is 6.61 Å². The van der Waals surface area contributed by atoms with Crippen molar-refractivity contribution in [1.29, 1.82) is 0 Å². The summed E-state index contributed by atoms with van der Waals surface area (Å²) in [5, 5.41) is 3.45. The number of halogens is 1. The van der Waals surface area contributed by atoms with Crippen LogP contribution >= 0.6 is 11.6 Å². The van der Waals surface area contributed by atoms with Crippen molar-refractivity contribution in [1.82, 2.24) is 0 Å². The summed E-state index contributed by atoms with van der Waals surface area (Å²) in [4.78, 5) is 12.3. The molecule has 0 radical (unpaired) electrons. The fourth-order valence-corrected chi connectivity index (χ4v) is 5.00. The molecule has 0 aromatic heterocycles. The van der Waals surface area contributed by atoms with E-state index in [2.05, 4.69) is 36.5 Å². The molecule has 1 aliphatic carbocycles. The van der Waals surface area contributed by atoms with Crippen LogP contribution in [0.3, 0.4) is 0 Å². The highest BCUT2D eigenvalue weighted by Gasteiger charge is 2.34. The molecule has 32 heavy (non-hydrogen) atoms. The molecule has 0 saturated heterocycles. The van der Waals surface area contributed by atoms with Gasteiger partial charge in [-0.1, -0.05) is 73.1 Å². The second-order valence-corrected chi connectivity index (χ2v) is 9.14. The van der Waals surface area contributed by atoms with Gasteiger partial charge < -0.3 is 10.5 Å². The molecule has 4 rings (SSSR count). The zero-order valence-corrected chi connectivity index (χ0v) is 19.0. The van der Waals surface area contributed by atoms with E-state index in [0.29, 0.717) is 35.0 Å². The van der Waals surface area contributed by atoms with Crippen LogP contribution in [0.1, 0.15) is 53.9 Å². The third kappa shape index (κ3) is 5.50. The lowest BCUT2D eigenvalue weighted by Crippen LogP contribution is -2.14. The lowest BCUT2D eigenvalue weighted by Gasteiger charge is -2.22. The van der Waals surface area contributed by atoms with Gasteiger partial charge in [-0.05, 0) is 71.0 Å². The van der Waals surface area contributed by atoms with E-state index >= 15 is 0 Å². The Balaban J connectivity index is 1.51. The molecule has 1 saturated carbocycles. The molecule has 3 aromatic carbocycles. The van der Waals surface area contributed by atoms with E-state index in [4.69, 9.17) is 22.1 Å². The number of rotatable bonds is 6. The van der Waals surface area contributed by atoms with Crippen LogP contribution in [0.2, 0.25) is 5.02 Å². The maximum absolute atomic E-state index is 12.3. The van der Waals surface area contributed by atoms with Gasteiger partial charge in [-0.25, -0.2) is 4.79 Å². The molecule has 0 spiro atoms. The van der Waals surface area contributed by atoms with Crippen LogP contribution in [0.25, 0.3) is 0 Å².